The summed E-state index contributed by atoms with van der Waals surface area (Å²) in [6, 6.07) is 10.6. The number of ether oxygens (including phenoxy) is 2. The number of aromatic nitrogens is 4. The van der Waals surface area contributed by atoms with Crippen LogP contribution in [-0.2, 0) is 12.2 Å². The van der Waals surface area contributed by atoms with E-state index >= 15 is 0 Å². The smallest absolute Gasteiger partial charge is 0.296 e. The van der Waals surface area contributed by atoms with Crippen molar-refractivity contribution in [3.05, 3.63) is 76.3 Å². The zero-order valence-electron chi connectivity index (χ0n) is 20.1. The van der Waals surface area contributed by atoms with Crippen LogP contribution in [0.5, 0.6) is 10.9 Å². The van der Waals surface area contributed by atoms with Gasteiger partial charge >= 0.3 is 0 Å². The van der Waals surface area contributed by atoms with Crippen LogP contribution in [0.1, 0.15) is 41.2 Å². The molecule has 4 aromatic rings. The molecule has 2 N–H and O–H groups in total. The number of methoxy groups -OCH3 is 1. The zero-order valence-corrected chi connectivity index (χ0v) is 21.6. The van der Waals surface area contributed by atoms with Gasteiger partial charge in [-0.2, -0.15) is 0 Å². The first-order valence-corrected chi connectivity index (χ1v) is 12.1. The Morgan fingerprint density at radius 3 is 2.61 bits per heavy atom. The molecule has 0 fully saturated rings. The van der Waals surface area contributed by atoms with Crippen molar-refractivity contribution in [2.45, 2.75) is 33.0 Å². The molecule has 186 valence electrons. The van der Waals surface area contributed by atoms with Gasteiger partial charge in [-0.25, -0.2) is 0 Å². The van der Waals surface area contributed by atoms with Crippen molar-refractivity contribution in [2.75, 3.05) is 12.4 Å². The first-order valence-electron chi connectivity index (χ1n) is 10.9. The number of nitrogens with zero attached hydrogens (tertiary/aromatic N) is 4. The first-order chi connectivity index (χ1) is 17.1. The number of halogens is 1. The molecule has 36 heavy (non-hydrogen) atoms. The minimum atomic E-state index is -0.969. The van der Waals surface area contributed by atoms with E-state index in [2.05, 4.69) is 25.5 Å². The van der Waals surface area contributed by atoms with Crippen LogP contribution in [0.15, 0.2) is 48.8 Å². The summed E-state index contributed by atoms with van der Waals surface area (Å²) in [5.41, 5.74) is 2.76. The van der Waals surface area contributed by atoms with Gasteiger partial charge < -0.3 is 14.6 Å². The van der Waals surface area contributed by atoms with Gasteiger partial charge in [0.1, 0.15) is 12.4 Å². The minimum Gasteiger partial charge on any atom is -0.496 e. The summed E-state index contributed by atoms with van der Waals surface area (Å²) in [7, 11) is 1.56. The van der Waals surface area contributed by atoms with Gasteiger partial charge in [0, 0.05) is 39.8 Å². The van der Waals surface area contributed by atoms with E-state index in [0.29, 0.717) is 38.7 Å². The summed E-state index contributed by atoms with van der Waals surface area (Å²) >= 11 is 7.30. The molecule has 0 bridgehead atoms. The normalized spacial score (nSPS) is 11.3. The average molecular weight is 526 g/mol. The highest BCUT2D eigenvalue weighted by atomic mass is 35.5. The standard InChI is InChI=1S/C25H24ClN5O4S/c1-14-9-18(19-10-16(26)6-8-21(19)34-4)20(12-27-14)22(32)29-23-30-31-24(36-23)35-13-17-7-5-15(11-28-17)25(2,3)33/h5-12,33H,13H2,1-4H3,(H,29,30,32). The lowest BCUT2D eigenvalue weighted by Gasteiger charge is -2.17. The molecule has 1 amide bonds. The third kappa shape index (κ3) is 5.96. The number of benzene rings is 1. The lowest BCUT2D eigenvalue weighted by atomic mass is 9.99. The maximum atomic E-state index is 13.1. The predicted octanol–water partition coefficient (Wildman–Crippen LogP) is 5.02. The first kappa shape index (κ1) is 25.5. The highest BCUT2D eigenvalue weighted by molar-refractivity contribution is 7.17. The Morgan fingerprint density at radius 1 is 1.11 bits per heavy atom. The van der Waals surface area contributed by atoms with Crippen molar-refractivity contribution in [2.24, 2.45) is 0 Å². The molecule has 0 unspecified atom stereocenters. The third-order valence-corrected chi connectivity index (χ3v) is 6.22. The molecule has 0 atom stereocenters. The summed E-state index contributed by atoms with van der Waals surface area (Å²) in [4.78, 5) is 21.7. The SMILES string of the molecule is COc1ccc(Cl)cc1-c1cc(C)ncc1C(=O)Nc1nnc(OCc2ccc(C(C)(C)O)cn2)s1. The number of pyridine rings is 2. The lowest BCUT2D eigenvalue weighted by molar-refractivity contribution is 0.0781. The van der Waals surface area contributed by atoms with Crippen LogP contribution in [0.4, 0.5) is 5.13 Å². The number of amides is 1. The molecule has 0 saturated heterocycles. The van der Waals surface area contributed by atoms with E-state index < -0.39 is 11.5 Å². The zero-order chi connectivity index (χ0) is 25.9. The van der Waals surface area contributed by atoms with Gasteiger partial charge in [-0.3, -0.25) is 20.1 Å². The molecular weight excluding hydrogens is 502 g/mol. The second-order valence-corrected chi connectivity index (χ2v) is 9.81. The van der Waals surface area contributed by atoms with Crippen LogP contribution in [0.25, 0.3) is 11.1 Å². The molecule has 0 radical (unpaired) electrons. The number of carbonyl (C=O) groups excluding carboxylic acids is 1. The van der Waals surface area contributed by atoms with Crippen LogP contribution >= 0.6 is 22.9 Å². The van der Waals surface area contributed by atoms with Gasteiger partial charge in [0.25, 0.3) is 11.1 Å². The molecule has 0 aliphatic carbocycles. The van der Waals surface area contributed by atoms with Crippen molar-refractivity contribution in [1.29, 1.82) is 0 Å². The Balaban J connectivity index is 1.48. The van der Waals surface area contributed by atoms with Crippen LogP contribution in [-0.4, -0.2) is 38.3 Å². The van der Waals surface area contributed by atoms with Gasteiger partial charge in [0.05, 0.1) is 24.0 Å². The summed E-state index contributed by atoms with van der Waals surface area (Å²) in [6.07, 6.45) is 3.11. The fourth-order valence-corrected chi connectivity index (χ4v) is 4.11. The fraction of sp³-hybridized carbons (Fsp3) is 0.240. The number of aliphatic hydroxyl groups is 1. The molecule has 0 aliphatic rings. The number of nitrogens with one attached hydrogen (secondary N) is 1. The second-order valence-electron chi connectivity index (χ2n) is 8.43. The van der Waals surface area contributed by atoms with Crippen molar-refractivity contribution in [3.8, 4) is 22.1 Å². The molecule has 9 nitrogen and oxygen atoms in total. The van der Waals surface area contributed by atoms with Crippen LogP contribution < -0.4 is 14.8 Å². The molecule has 0 spiro atoms. The number of carbonyl (C=O) groups is 1. The summed E-state index contributed by atoms with van der Waals surface area (Å²) in [5.74, 6) is 0.168. The van der Waals surface area contributed by atoms with Crippen molar-refractivity contribution >= 4 is 34.0 Å². The van der Waals surface area contributed by atoms with Gasteiger partial charge in [0.2, 0.25) is 5.13 Å². The maximum Gasteiger partial charge on any atom is 0.296 e. The van der Waals surface area contributed by atoms with E-state index in [0.717, 1.165) is 17.0 Å². The van der Waals surface area contributed by atoms with E-state index in [1.54, 1.807) is 63.6 Å². The Labute approximate surface area is 217 Å². The number of rotatable bonds is 8. The number of aryl methyl sites for hydroxylation is 1. The van der Waals surface area contributed by atoms with Gasteiger partial charge in [-0.15, -0.1) is 5.10 Å². The second kappa shape index (κ2) is 10.6. The number of anilines is 1. The van der Waals surface area contributed by atoms with Crippen LogP contribution in [0.3, 0.4) is 0 Å². The van der Waals surface area contributed by atoms with E-state index in [4.69, 9.17) is 21.1 Å². The van der Waals surface area contributed by atoms with E-state index in [1.807, 2.05) is 6.92 Å². The van der Waals surface area contributed by atoms with Crippen molar-refractivity contribution in [1.82, 2.24) is 20.2 Å². The van der Waals surface area contributed by atoms with Crippen LogP contribution in [0.2, 0.25) is 5.02 Å². The molecule has 0 saturated carbocycles. The van der Waals surface area contributed by atoms with Crippen molar-refractivity contribution < 1.29 is 19.4 Å². The minimum absolute atomic E-state index is 0.162. The average Bonchev–Trinajstić information content (AvgIpc) is 3.29. The molecule has 0 aliphatic heterocycles. The molecule has 3 aromatic heterocycles. The topological polar surface area (TPSA) is 119 Å². The number of hydrogen-bond donors (Lipinski definition) is 2. The Morgan fingerprint density at radius 2 is 1.92 bits per heavy atom. The summed E-state index contributed by atoms with van der Waals surface area (Å²) in [6.45, 7) is 5.38. The molecule has 11 heteroatoms. The number of hydrogen-bond acceptors (Lipinski definition) is 9. The molecular formula is C25H24ClN5O4S. The molecule has 1 aromatic carbocycles. The van der Waals surface area contributed by atoms with Crippen LogP contribution in [0, 0.1) is 6.92 Å². The lowest BCUT2D eigenvalue weighted by Crippen LogP contribution is -2.16. The Bertz CT molecular complexity index is 1390. The monoisotopic (exact) mass is 525 g/mol. The predicted molar refractivity (Wildman–Crippen MR) is 138 cm³/mol. The molecule has 3 heterocycles. The Kier molecular flexibility index (Phi) is 7.48. The Hall–Kier alpha value is -3.60. The van der Waals surface area contributed by atoms with Gasteiger partial charge in [-0.1, -0.05) is 22.8 Å². The third-order valence-electron chi connectivity index (χ3n) is 5.24. The van der Waals surface area contributed by atoms with Gasteiger partial charge in [0.15, 0.2) is 0 Å². The quantitative estimate of drug-likeness (QED) is 0.329. The van der Waals surface area contributed by atoms with E-state index in [-0.39, 0.29) is 16.9 Å². The summed E-state index contributed by atoms with van der Waals surface area (Å²) in [5, 5.41) is 21.8. The van der Waals surface area contributed by atoms with E-state index in [1.165, 1.54) is 6.20 Å². The largest absolute Gasteiger partial charge is 0.496 e. The van der Waals surface area contributed by atoms with Crippen molar-refractivity contribution in [3.63, 3.8) is 0 Å². The fourth-order valence-electron chi connectivity index (χ4n) is 3.34. The molecule has 4 rings (SSSR count). The summed E-state index contributed by atoms with van der Waals surface area (Å²) < 4.78 is 11.1. The highest BCUT2D eigenvalue weighted by Crippen LogP contribution is 2.35. The van der Waals surface area contributed by atoms with Gasteiger partial charge in [-0.05, 0) is 62.4 Å². The highest BCUT2D eigenvalue weighted by Gasteiger charge is 2.20. The maximum absolute atomic E-state index is 13.1. The van der Waals surface area contributed by atoms with E-state index in [9.17, 15) is 9.90 Å².